The molecule has 3 aromatic carbocycles. The maximum Gasteiger partial charge on any atom is 0.408 e. The molecule has 0 aromatic heterocycles. The fourth-order valence-corrected chi connectivity index (χ4v) is 4.19. The highest BCUT2D eigenvalue weighted by Crippen LogP contribution is 2.44. The number of rotatable bonds is 7. The first kappa shape index (κ1) is 23.0. The number of carboxylic acids is 1. The van der Waals surface area contributed by atoms with E-state index in [1.807, 2.05) is 48.5 Å². The molecule has 0 saturated carbocycles. The van der Waals surface area contributed by atoms with Crippen molar-refractivity contribution in [3.63, 3.8) is 0 Å². The minimum absolute atomic E-state index is 0.107. The summed E-state index contributed by atoms with van der Waals surface area (Å²) < 4.78 is 5.52. The van der Waals surface area contributed by atoms with Crippen LogP contribution in [-0.4, -0.2) is 35.2 Å². The van der Waals surface area contributed by atoms with Gasteiger partial charge < -0.3 is 20.5 Å². The summed E-state index contributed by atoms with van der Waals surface area (Å²) in [4.78, 5) is 37.1. The van der Waals surface area contributed by atoms with Gasteiger partial charge >= 0.3 is 12.1 Å². The Hall–Kier alpha value is -4.13. The van der Waals surface area contributed by atoms with Gasteiger partial charge in [0.05, 0.1) is 0 Å². The summed E-state index contributed by atoms with van der Waals surface area (Å²) >= 11 is 0. The molecule has 0 radical (unpaired) electrons. The highest BCUT2D eigenvalue weighted by Gasteiger charge is 2.35. The van der Waals surface area contributed by atoms with Crippen molar-refractivity contribution in [2.75, 3.05) is 6.61 Å². The third-order valence-corrected chi connectivity index (χ3v) is 5.98. The van der Waals surface area contributed by atoms with E-state index in [1.54, 1.807) is 30.3 Å². The normalized spacial score (nSPS) is 13.4. The maximum atomic E-state index is 12.8. The highest BCUT2D eigenvalue weighted by molar-refractivity contribution is 5.92. The summed E-state index contributed by atoms with van der Waals surface area (Å²) in [5.41, 5.74) is 3.44. The molecule has 2 amide bonds. The van der Waals surface area contributed by atoms with Gasteiger partial charge in [0, 0.05) is 5.92 Å². The van der Waals surface area contributed by atoms with Crippen LogP contribution >= 0.6 is 0 Å². The van der Waals surface area contributed by atoms with Gasteiger partial charge in [0.1, 0.15) is 12.1 Å². The van der Waals surface area contributed by atoms with Crippen LogP contribution in [0.25, 0.3) is 11.1 Å². The van der Waals surface area contributed by atoms with E-state index in [0.29, 0.717) is 5.56 Å². The van der Waals surface area contributed by atoms with Crippen LogP contribution in [0.1, 0.15) is 42.5 Å². The van der Waals surface area contributed by atoms with Crippen LogP contribution in [0.4, 0.5) is 4.79 Å². The van der Waals surface area contributed by atoms with Gasteiger partial charge in [-0.2, -0.15) is 0 Å². The minimum Gasteiger partial charge on any atom is -0.479 e. The van der Waals surface area contributed by atoms with E-state index < -0.39 is 29.6 Å². The Morgan fingerprint density at radius 1 is 0.882 bits per heavy atom. The zero-order valence-corrected chi connectivity index (χ0v) is 18.9. The largest absolute Gasteiger partial charge is 0.479 e. The fourth-order valence-electron chi connectivity index (χ4n) is 4.19. The van der Waals surface area contributed by atoms with Crippen LogP contribution in [-0.2, 0) is 14.3 Å². The van der Waals surface area contributed by atoms with Gasteiger partial charge in [-0.1, -0.05) is 78.9 Å². The summed E-state index contributed by atoms with van der Waals surface area (Å²) in [6.45, 7) is 3.10. The number of nitrogens with one attached hydrogen (secondary N) is 2. The average molecular weight is 459 g/mol. The van der Waals surface area contributed by atoms with Crippen LogP contribution in [0.5, 0.6) is 0 Å². The molecule has 34 heavy (non-hydrogen) atoms. The van der Waals surface area contributed by atoms with Gasteiger partial charge in [0.25, 0.3) is 0 Å². The number of carbonyl (C=O) groups is 3. The summed E-state index contributed by atoms with van der Waals surface area (Å²) in [5, 5.41) is 14.6. The predicted octanol–water partition coefficient (Wildman–Crippen LogP) is 4.25. The maximum absolute atomic E-state index is 12.8. The Kier molecular flexibility index (Phi) is 6.36. The molecule has 0 spiro atoms. The first-order valence-electron chi connectivity index (χ1n) is 11.0. The number of fused-ring (bicyclic) bond motifs is 3. The van der Waals surface area contributed by atoms with Crippen molar-refractivity contribution in [2.45, 2.75) is 31.3 Å². The zero-order valence-electron chi connectivity index (χ0n) is 18.9. The van der Waals surface area contributed by atoms with Crippen LogP contribution in [0.15, 0.2) is 78.9 Å². The van der Waals surface area contributed by atoms with Crippen LogP contribution in [0.3, 0.4) is 0 Å². The van der Waals surface area contributed by atoms with E-state index in [4.69, 9.17) is 4.74 Å². The van der Waals surface area contributed by atoms with E-state index in [0.717, 1.165) is 22.3 Å². The molecular formula is C27H26N2O5. The second kappa shape index (κ2) is 9.39. The Labute approximate surface area is 197 Å². The van der Waals surface area contributed by atoms with Gasteiger partial charge in [0.15, 0.2) is 6.04 Å². The summed E-state index contributed by atoms with van der Waals surface area (Å²) in [7, 11) is 0. The van der Waals surface area contributed by atoms with E-state index in [1.165, 1.54) is 13.8 Å². The number of carboxylic acid groups (broad SMARTS) is 1. The van der Waals surface area contributed by atoms with Crippen molar-refractivity contribution in [2.24, 2.45) is 0 Å². The number of aliphatic carboxylic acids is 1. The Morgan fingerprint density at radius 2 is 1.41 bits per heavy atom. The number of hydrogen-bond donors (Lipinski definition) is 3. The molecule has 7 heteroatoms. The molecule has 1 aliphatic carbocycles. The lowest BCUT2D eigenvalue weighted by atomic mass is 9.98. The lowest BCUT2D eigenvalue weighted by Gasteiger charge is -2.27. The van der Waals surface area contributed by atoms with Gasteiger partial charge in [-0.05, 0) is 41.7 Å². The van der Waals surface area contributed by atoms with Crippen LogP contribution in [0, 0.1) is 0 Å². The SMILES string of the molecule is CC(C)(NC(=O)OCC1c2ccccc2-c2ccccc21)C(=O)N[C@@H](C(=O)O)c1ccccc1. The second-order valence-electron chi connectivity index (χ2n) is 8.73. The molecule has 174 valence electrons. The molecule has 0 aliphatic heterocycles. The molecule has 1 atom stereocenters. The highest BCUT2D eigenvalue weighted by atomic mass is 16.5. The number of alkyl carbamates (subject to hydrolysis) is 1. The molecule has 0 fully saturated rings. The first-order valence-corrected chi connectivity index (χ1v) is 11.0. The monoisotopic (exact) mass is 458 g/mol. The summed E-state index contributed by atoms with van der Waals surface area (Å²) in [6, 6.07) is 23.1. The van der Waals surface area contributed by atoms with Crippen molar-refractivity contribution in [3.05, 3.63) is 95.6 Å². The van der Waals surface area contributed by atoms with Crippen molar-refractivity contribution >= 4 is 18.0 Å². The lowest BCUT2D eigenvalue weighted by Crippen LogP contribution is -2.56. The third kappa shape index (κ3) is 4.64. The zero-order chi connectivity index (χ0) is 24.3. The van der Waals surface area contributed by atoms with E-state index in [-0.39, 0.29) is 12.5 Å². The molecule has 4 rings (SSSR count). The molecule has 0 saturated heterocycles. The third-order valence-electron chi connectivity index (χ3n) is 5.98. The van der Waals surface area contributed by atoms with Crippen molar-refractivity contribution in [1.82, 2.24) is 10.6 Å². The van der Waals surface area contributed by atoms with E-state index >= 15 is 0 Å². The van der Waals surface area contributed by atoms with Crippen LogP contribution in [0.2, 0.25) is 0 Å². The average Bonchev–Trinajstić information content (AvgIpc) is 3.15. The van der Waals surface area contributed by atoms with Crippen molar-refractivity contribution < 1.29 is 24.2 Å². The number of hydrogen-bond acceptors (Lipinski definition) is 4. The van der Waals surface area contributed by atoms with Gasteiger partial charge in [-0.25, -0.2) is 9.59 Å². The number of benzene rings is 3. The Balaban J connectivity index is 1.41. The second-order valence-corrected chi connectivity index (χ2v) is 8.73. The smallest absolute Gasteiger partial charge is 0.408 e. The molecule has 0 unspecified atom stereocenters. The van der Waals surface area contributed by atoms with Gasteiger partial charge in [-0.3, -0.25) is 4.79 Å². The topological polar surface area (TPSA) is 105 Å². The van der Waals surface area contributed by atoms with Crippen molar-refractivity contribution in [3.8, 4) is 11.1 Å². The summed E-state index contributed by atoms with van der Waals surface area (Å²) in [6.07, 6.45) is -0.756. The number of ether oxygens (including phenoxy) is 1. The fraction of sp³-hybridized carbons (Fsp3) is 0.222. The first-order chi connectivity index (χ1) is 16.3. The Bertz CT molecular complexity index is 1180. The van der Waals surface area contributed by atoms with Crippen LogP contribution < -0.4 is 10.6 Å². The molecule has 7 nitrogen and oxygen atoms in total. The quantitative estimate of drug-likeness (QED) is 0.491. The molecule has 3 N–H and O–H groups in total. The summed E-state index contributed by atoms with van der Waals surface area (Å²) in [5.74, 6) is -1.95. The van der Waals surface area contributed by atoms with Gasteiger partial charge in [-0.15, -0.1) is 0 Å². The molecule has 0 heterocycles. The van der Waals surface area contributed by atoms with Crippen molar-refractivity contribution in [1.29, 1.82) is 0 Å². The Morgan fingerprint density at radius 3 is 1.97 bits per heavy atom. The minimum atomic E-state index is -1.40. The number of amides is 2. The molecule has 3 aromatic rings. The molecule has 0 bridgehead atoms. The predicted molar refractivity (Wildman–Crippen MR) is 127 cm³/mol. The van der Waals surface area contributed by atoms with E-state index in [2.05, 4.69) is 10.6 Å². The van der Waals surface area contributed by atoms with Gasteiger partial charge in [0.2, 0.25) is 5.91 Å². The number of carbonyl (C=O) groups excluding carboxylic acids is 2. The lowest BCUT2D eigenvalue weighted by molar-refractivity contribution is -0.142. The molecular weight excluding hydrogens is 432 g/mol. The standard InChI is InChI=1S/C27H26N2O5/c1-27(2,25(32)28-23(24(30)31)17-10-4-3-5-11-17)29-26(33)34-16-22-20-14-8-6-12-18(20)19-13-7-9-15-21(19)22/h3-15,22-23H,16H2,1-2H3,(H,28,32)(H,29,33)(H,30,31)/t23-/m1/s1. The van der Waals surface area contributed by atoms with E-state index in [9.17, 15) is 19.5 Å². The molecule has 1 aliphatic rings.